The maximum Gasteiger partial charge on any atom is 0.410 e. The van der Waals surface area contributed by atoms with Crippen LogP contribution in [0.3, 0.4) is 0 Å². The number of aliphatic hydroxyl groups is 1. The highest BCUT2D eigenvalue weighted by Gasteiger charge is 2.34. The van der Waals surface area contributed by atoms with Crippen molar-refractivity contribution in [3.8, 4) is 0 Å². The van der Waals surface area contributed by atoms with Crippen molar-refractivity contribution in [2.45, 2.75) is 64.2 Å². The summed E-state index contributed by atoms with van der Waals surface area (Å²) in [7, 11) is 0. The lowest BCUT2D eigenvalue weighted by molar-refractivity contribution is 0.0210. The van der Waals surface area contributed by atoms with Crippen molar-refractivity contribution in [2.24, 2.45) is 5.92 Å². The van der Waals surface area contributed by atoms with E-state index < -0.39 is 11.7 Å². The monoisotopic (exact) mass is 437 g/mol. The van der Waals surface area contributed by atoms with Gasteiger partial charge in [0.25, 0.3) is 0 Å². The summed E-state index contributed by atoms with van der Waals surface area (Å²) in [5.41, 5.74) is 1.04. The number of piperidine rings is 1. The summed E-state index contributed by atoms with van der Waals surface area (Å²) in [4.78, 5) is 22.9. The van der Waals surface area contributed by atoms with E-state index in [1.807, 2.05) is 20.8 Å². The minimum atomic E-state index is -0.650. The average Bonchev–Trinajstić information content (AvgIpc) is 3.48. The maximum absolute atomic E-state index is 13.3. The molecule has 8 nitrogen and oxygen atoms in total. The van der Waals surface area contributed by atoms with Crippen molar-refractivity contribution >= 4 is 35.4 Å². The second kappa shape index (κ2) is 8.22. The minimum absolute atomic E-state index is 0.0502. The third-order valence-corrected chi connectivity index (χ3v) is 5.88. The summed E-state index contributed by atoms with van der Waals surface area (Å²) in [6.07, 6.45) is 5.70. The van der Waals surface area contributed by atoms with Crippen molar-refractivity contribution in [3.63, 3.8) is 0 Å². The van der Waals surface area contributed by atoms with Crippen LogP contribution < -0.4 is 5.32 Å². The van der Waals surface area contributed by atoms with Gasteiger partial charge in [0.1, 0.15) is 16.9 Å². The van der Waals surface area contributed by atoms with Gasteiger partial charge < -0.3 is 20.1 Å². The van der Waals surface area contributed by atoms with Crippen LogP contribution in [-0.4, -0.2) is 54.8 Å². The first kappa shape index (κ1) is 21.2. The van der Waals surface area contributed by atoms with E-state index in [0.717, 1.165) is 25.7 Å². The molecule has 1 unspecified atom stereocenters. The van der Waals surface area contributed by atoms with Crippen LogP contribution in [0.4, 0.5) is 14.5 Å². The lowest BCUT2D eigenvalue weighted by atomic mass is 10.1. The zero-order valence-corrected chi connectivity index (χ0v) is 18.3. The summed E-state index contributed by atoms with van der Waals surface area (Å²) < 4.78 is 20.0. The third kappa shape index (κ3) is 4.64. The summed E-state index contributed by atoms with van der Waals surface area (Å²) in [5.74, 6) is 0.799. The van der Waals surface area contributed by atoms with Gasteiger partial charge in [-0.3, -0.25) is 0 Å². The van der Waals surface area contributed by atoms with Gasteiger partial charge >= 0.3 is 6.09 Å². The number of aliphatic hydroxyl groups excluding tert-OH is 1. The second-order valence-corrected chi connectivity index (χ2v) is 9.61. The number of likely N-dealkylation sites (tertiary alicyclic amines) is 1. The van der Waals surface area contributed by atoms with E-state index in [2.05, 4.69) is 15.3 Å². The van der Waals surface area contributed by atoms with E-state index in [1.165, 1.54) is 3.97 Å². The van der Waals surface area contributed by atoms with Crippen LogP contribution in [0.25, 0.3) is 11.2 Å². The molecular formula is C20H28FN5O3S. The molecule has 2 N–H and O–H groups in total. The first-order valence-corrected chi connectivity index (χ1v) is 11.0. The molecule has 10 heteroatoms. The fourth-order valence-electron chi connectivity index (χ4n) is 3.73. The molecule has 4 rings (SSSR count). The summed E-state index contributed by atoms with van der Waals surface area (Å²) in [6.45, 7) is 6.77. The van der Waals surface area contributed by atoms with Gasteiger partial charge in [0.05, 0.1) is 12.3 Å². The van der Waals surface area contributed by atoms with E-state index in [-0.39, 0.29) is 30.4 Å². The van der Waals surface area contributed by atoms with Crippen molar-refractivity contribution in [1.82, 2.24) is 18.8 Å². The van der Waals surface area contributed by atoms with Gasteiger partial charge in [0, 0.05) is 30.9 Å². The van der Waals surface area contributed by atoms with Gasteiger partial charge in [0.2, 0.25) is 0 Å². The molecule has 1 aliphatic carbocycles. The Balaban J connectivity index is 1.43. The molecule has 0 spiro atoms. The van der Waals surface area contributed by atoms with Gasteiger partial charge in [-0.05, 0) is 52.4 Å². The van der Waals surface area contributed by atoms with Crippen molar-refractivity contribution < 1.29 is 18.5 Å². The number of fused-ring (bicyclic) bond motifs is 1. The zero-order chi connectivity index (χ0) is 21.5. The van der Waals surface area contributed by atoms with Crippen LogP contribution in [0.1, 0.15) is 58.1 Å². The predicted molar refractivity (Wildman–Crippen MR) is 114 cm³/mol. The number of anilines is 1. The number of carbonyl (C=O) groups excluding carboxylic acids is 1. The molecule has 164 valence electrons. The Morgan fingerprint density at radius 1 is 1.33 bits per heavy atom. The molecule has 2 aromatic rings. The third-order valence-electron chi connectivity index (χ3n) is 5.45. The van der Waals surface area contributed by atoms with E-state index >= 15 is 0 Å². The number of hydrogen-bond donors (Lipinski definition) is 2. The number of nitrogens with zero attached hydrogens (tertiary/aromatic N) is 4. The minimum Gasteiger partial charge on any atom is -0.444 e. The lowest BCUT2D eigenvalue weighted by Crippen LogP contribution is -2.44. The Morgan fingerprint density at radius 2 is 2.03 bits per heavy atom. The molecule has 0 bridgehead atoms. The van der Waals surface area contributed by atoms with E-state index in [0.29, 0.717) is 35.6 Å². The quantitative estimate of drug-likeness (QED) is 0.728. The molecule has 0 aromatic carbocycles. The van der Waals surface area contributed by atoms with Crippen LogP contribution in [-0.2, 0) is 4.74 Å². The number of aromatic nitrogens is 3. The van der Waals surface area contributed by atoms with Gasteiger partial charge in [-0.1, -0.05) is 0 Å². The molecule has 2 aromatic heterocycles. The Bertz CT molecular complexity index is 919. The van der Waals surface area contributed by atoms with Crippen molar-refractivity contribution in [3.05, 3.63) is 18.0 Å². The van der Waals surface area contributed by atoms with Gasteiger partial charge in [0.15, 0.2) is 18.0 Å². The highest BCUT2D eigenvalue weighted by Crippen LogP contribution is 2.43. The smallest absolute Gasteiger partial charge is 0.410 e. The zero-order valence-electron chi connectivity index (χ0n) is 17.5. The molecule has 2 aliphatic rings. The van der Waals surface area contributed by atoms with Crippen molar-refractivity contribution in [2.75, 3.05) is 18.4 Å². The Labute approximate surface area is 179 Å². The molecule has 1 aliphatic heterocycles. The Hall–Kier alpha value is -2.07. The lowest BCUT2D eigenvalue weighted by Gasteiger charge is -2.33. The molecule has 1 saturated carbocycles. The molecular weight excluding hydrogens is 409 g/mol. The van der Waals surface area contributed by atoms with Crippen LogP contribution in [0.5, 0.6) is 0 Å². The normalized spacial score (nSPS) is 19.2. The van der Waals surface area contributed by atoms with Crippen LogP contribution >= 0.6 is 12.3 Å². The SMILES string of the molecule is CC(C)(C)OC(=O)N1CCC(Nc2cnc3c(n2)c(C(O)C2CC2)cn3SF)CC1. The number of amides is 1. The standard InChI is InChI=1S/C20H28FN5O3S/c1-20(2,3)29-19(28)25-8-6-13(7-9-25)23-15-10-22-18-16(24-15)14(11-26(18)30-21)17(27)12-4-5-12/h10-13,17,27H,4-9H2,1-3H3,(H,23,24). The first-order valence-electron chi connectivity index (χ1n) is 10.3. The van der Waals surface area contributed by atoms with Crippen LogP contribution in [0.15, 0.2) is 12.4 Å². The molecule has 1 atom stereocenters. The molecule has 3 heterocycles. The summed E-state index contributed by atoms with van der Waals surface area (Å²) >= 11 is 0.0502. The number of nitrogens with one attached hydrogen (secondary N) is 1. The maximum atomic E-state index is 13.3. The topological polar surface area (TPSA) is 92.5 Å². The van der Waals surface area contributed by atoms with E-state index in [1.54, 1.807) is 17.3 Å². The number of halogens is 1. The largest absolute Gasteiger partial charge is 0.444 e. The van der Waals surface area contributed by atoms with Crippen LogP contribution in [0.2, 0.25) is 0 Å². The fraction of sp³-hybridized carbons (Fsp3) is 0.650. The predicted octanol–water partition coefficient (Wildman–Crippen LogP) is 4.07. The summed E-state index contributed by atoms with van der Waals surface area (Å²) in [5, 5.41) is 13.9. The number of carbonyl (C=O) groups is 1. The second-order valence-electron chi connectivity index (χ2n) is 9.07. The number of ether oxygens (including phenoxy) is 1. The van der Waals surface area contributed by atoms with Gasteiger partial charge in [-0.25, -0.2) is 18.7 Å². The average molecular weight is 438 g/mol. The summed E-state index contributed by atoms with van der Waals surface area (Å²) in [6, 6.07) is 0.143. The number of hydrogen-bond acceptors (Lipinski definition) is 7. The molecule has 0 radical (unpaired) electrons. The molecule has 1 saturated heterocycles. The highest BCUT2D eigenvalue weighted by atomic mass is 32.2. The van der Waals surface area contributed by atoms with Crippen LogP contribution in [0, 0.1) is 5.92 Å². The van der Waals surface area contributed by atoms with E-state index in [9.17, 15) is 13.8 Å². The van der Waals surface area contributed by atoms with Gasteiger partial charge in [-0.15, -0.1) is 3.89 Å². The molecule has 2 fully saturated rings. The van der Waals surface area contributed by atoms with Crippen molar-refractivity contribution in [1.29, 1.82) is 0 Å². The fourth-order valence-corrected chi connectivity index (χ4v) is 4.09. The van der Waals surface area contributed by atoms with E-state index in [4.69, 9.17) is 4.74 Å². The Kier molecular flexibility index (Phi) is 5.80. The van der Waals surface area contributed by atoms with Gasteiger partial charge in [-0.2, -0.15) is 0 Å². The Morgan fingerprint density at radius 3 is 2.63 bits per heavy atom. The molecule has 30 heavy (non-hydrogen) atoms. The highest BCUT2D eigenvalue weighted by molar-refractivity contribution is 7.92. The first-order chi connectivity index (χ1) is 14.2. The number of rotatable bonds is 5. The molecule has 1 amide bonds.